The molecule has 0 aliphatic carbocycles. The topological polar surface area (TPSA) is 156 Å². The molecule has 4 N–H and O–H groups in total. The molecule has 0 saturated carbocycles. The fraction of sp³-hybridized carbons (Fsp3) is 0.217. The van der Waals surface area contributed by atoms with Crippen LogP contribution in [-0.4, -0.2) is 55.4 Å². The molecule has 0 amide bonds. The monoisotopic (exact) mass is 480 g/mol. The van der Waals surface area contributed by atoms with E-state index in [1.54, 1.807) is 43.5 Å². The van der Waals surface area contributed by atoms with E-state index in [1.807, 2.05) is 0 Å². The van der Waals surface area contributed by atoms with Gasteiger partial charge in [0.25, 0.3) is 5.56 Å². The normalized spacial score (nSPS) is 12.2. The lowest BCUT2D eigenvalue weighted by Crippen LogP contribution is -2.30. The van der Waals surface area contributed by atoms with Gasteiger partial charge in [0, 0.05) is 7.05 Å². The molecule has 0 saturated heterocycles. The van der Waals surface area contributed by atoms with Crippen LogP contribution in [0.5, 0.6) is 17.2 Å². The highest BCUT2D eigenvalue weighted by atomic mass is 16.5. The van der Waals surface area contributed by atoms with Gasteiger partial charge in [0.1, 0.15) is 30.0 Å². The van der Waals surface area contributed by atoms with Gasteiger partial charge < -0.3 is 24.3 Å². The summed E-state index contributed by atoms with van der Waals surface area (Å²) in [6, 6.07) is 13.3. The Morgan fingerprint density at radius 1 is 1.14 bits per heavy atom. The van der Waals surface area contributed by atoms with Crippen LogP contribution in [0.2, 0.25) is 0 Å². The number of phenols is 1. The number of hydrogen-bond donors (Lipinski definition) is 4. The lowest BCUT2D eigenvalue weighted by molar-refractivity contribution is 0.0938. The third-order valence-corrected chi connectivity index (χ3v) is 5.17. The molecule has 2 heterocycles. The molecule has 4 aromatic rings. The number of fused-ring (bicyclic) bond motifs is 1. The molecule has 2 aromatic heterocycles. The standard InChI is InChI=1S/C23H24N6O6/c1-28-20-19(21(32)26-23(28)33)29(12-16(31)13-35-18-9-7-17(34-2)8-10-18)22(25-20)27-24-11-14-3-5-15(30)6-4-14/h3-11,16,30-31H,12-13H2,1-2H3,(H,25,27)(H,26,32,33)/b24-11+. The first-order valence-electron chi connectivity index (χ1n) is 10.6. The first kappa shape index (κ1) is 23.6. The first-order valence-corrected chi connectivity index (χ1v) is 10.6. The molecular weight excluding hydrogens is 456 g/mol. The summed E-state index contributed by atoms with van der Waals surface area (Å²) in [7, 11) is 3.04. The summed E-state index contributed by atoms with van der Waals surface area (Å²) in [5, 5.41) is 24.2. The van der Waals surface area contributed by atoms with Gasteiger partial charge in [-0.2, -0.15) is 10.1 Å². The van der Waals surface area contributed by atoms with Crippen LogP contribution in [-0.2, 0) is 13.6 Å². The number of anilines is 1. The number of imidazole rings is 1. The molecule has 0 fully saturated rings. The van der Waals surface area contributed by atoms with E-state index in [-0.39, 0.29) is 36.0 Å². The Bertz CT molecular complexity index is 1450. The second kappa shape index (κ2) is 10.1. The molecule has 1 unspecified atom stereocenters. The van der Waals surface area contributed by atoms with Crippen LogP contribution in [0.25, 0.3) is 11.2 Å². The van der Waals surface area contributed by atoms with Gasteiger partial charge in [-0.3, -0.25) is 14.3 Å². The number of aromatic amines is 1. The van der Waals surface area contributed by atoms with E-state index < -0.39 is 17.4 Å². The van der Waals surface area contributed by atoms with Crippen LogP contribution in [0.3, 0.4) is 0 Å². The molecule has 0 bridgehead atoms. The number of rotatable bonds is 9. The van der Waals surface area contributed by atoms with E-state index in [4.69, 9.17) is 9.47 Å². The van der Waals surface area contributed by atoms with Crippen LogP contribution in [0.1, 0.15) is 5.56 Å². The minimum Gasteiger partial charge on any atom is -0.508 e. The van der Waals surface area contributed by atoms with Crippen molar-refractivity contribution in [3.8, 4) is 17.2 Å². The van der Waals surface area contributed by atoms with Gasteiger partial charge in [0.15, 0.2) is 11.2 Å². The minimum atomic E-state index is -1.02. The lowest BCUT2D eigenvalue weighted by atomic mass is 10.2. The SMILES string of the molecule is COc1ccc(OCC(O)Cn2c(N/N=C/c3ccc(O)cc3)nc3c2c(=O)[nH]c(=O)n3C)cc1. The zero-order chi connectivity index (χ0) is 24.9. The molecule has 0 spiro atoms. The van der Waals surface area contributed by atoms with Crippen molar-refractivity contribution in [3.63, 3.8) is 0 Å². The predicted molar refractivity (Wildman–Crippen MR) is 129 cm³/mol. The van der Waals surface area contributed by atoms with Gasteiger partial charge in [-0.1, -0.05) is 0 Å². The maximum Gasteiger partial charge on any atom is 0.329 e. The highest BCUT2D eigenvalue weighted by Gasteiger charge is 2.20. The summed E-state index contributed by atoms with van der Waals surface area (Å²) in [6.07, 6.45) is 0.475. The number of hydrazone groups is 1. The molecule has 0 radical (unpaired) electrons. The van der Waals surface area contributed by atoms with Crippen molar-refractivity contribution in [2.45, 2.75) is 12.6 Å². The number of ether oxygens (including phenoxy) is 2. The molecule has 182 valence electrons. The van der Waals surface area contributed by atoms with Crippen molar-refractivity contribution in [1.82, 2.24) is 19.1 Å². The Hall–Kier alpha value is -4.58. The number of hydrogen-bond acceptors (Lipinski definition) is 9. The van der Waals surface area contributed by atoms with Gasteiger partial charge in [0.05, 0.1) is 19.9 Å². The van der Waals surface area contributed by atoms with Crippen molar-refractivity contribution in [2.75, 3.05) is 19.1 Å². The minimum absolute atomic E-state index is 0.0636. The predicted octanol–water partition coefficient (Wildman–Crippen LogP) is 1.02. The summed E-state index contributed by atoms with van der Waals surface area (Å²) in [4.78, 5) is 31.2. The van der Waals surface area contributed by atoms with E-state index >= 15 is 0 Å². The number of aromatic nitrogens is 4. The quantitative estimate of drug-likeness (QED) is 0.204. The van der Waals surface area contributed by atoms with Crippen LogP contribution in [0, 0.1) is 0 Å². The molecule has 2 aromatic carbocycles. The zero-order valence-electron chi connectivity index (χ0n) is 19.0. The average Bonchev–Trinajstić information content (AvgIpc) is 3.21. The van der Waals surface area contributed by atoms with Crippen molar-refractivity contribution < 1.29 is 19.7 Å². The summed E-state index contributed by atoms with van der Waals surface area (Å²) in [6.45, 7) is -0.128. The number of nitrogens with one attached hydrogen (secondary N) is 2. The smallest absolute Gasteiger partial charge is 0.329 e. The fourth-order valence-corrected chi connectivity index (χ4v) is 3.35. The van der Waals surface area contributed by atoms with Crippen LogP contribution in [0.4, 0.5) is 5.95 Å². The Morgan fingerprint density at radius 2 is 1.83 bits per heavy atom. The molecule has 12 nitrogen and oxygen atoms in total. The number of aryl methyl sites for hydroxylation is 1. The maximum atomic E-state index is 12.6. The summed E-state index contributed by atoms with van der Waals surface area (Å²) in [5.41, 5.74) is 2.43. The Balaban J connectivity index is 1.58. The van der Waals surface area contributed by atoms with E-state index in [9.17, 15) is 19.8 Å². The van der Waals surface area contributed by atoms with Crippen LogP contribution in [0.15, 0.2) is 63.2 Å². The largest absolute Gasteiger partial charge is 0.508 e. The number of aromatic hydroxyl groups is 1. The van der Waals surface area contributed by atoms with Crippen LogP contribution >= 0.6 is 0 Å². The molecule has 12 heteroatoms. The van der Waals surface area contributed by atoms with Crippen molar-refractivity contribution >= 4 is 23.3 Å². The first-order chi connectivity index (χ1) is 16.9. The summed E-state index contributed by atoms with van der Waals surface area (Å²) in [5.74, 6) is 1.49. The van der Waals surface area contributed by atoms with Crippen molar-refractivity contribution in [3.05, 3.63) is 74.9 Å². The molecule has 0 aliphatic heterocycles. The second-order valence-corrected chi connectivity index (χ2v) is 7.64. The number of nitrogens with zero attached hydrogens (tertiary/aromatic N) is 4. The van der Waals surface area contributed by atoms with Gasteiger partial charge in [-0.15, -0.1) is 0 Å². The molecule has 1 atom stereocenters. The number of benzene rings is 2. The zero-order valence-corrected chi connectivity index (χ0v) is 19.0. The van der Waals surface area contributed by atoms with Gasteiger partial charge in [0.2, 0.25) is 5.95 Å². The van der Waals surface area contributed by atoms with Gasteiger partial charge >= 0.3 is 5.69 Å². The molecule has 4 rings (SSSR count). The van der Waals surface area contributed by atoms with Gasteiger partial charge in [-0.25, -0.2) is 10.2 Å². The summed E-state index contributed by atoms with van der Waals surface area (Å²) >= 11 is 0. The lowest BCUT2D eigenvalue weighted by Gasteiger charge is -2.15. The second-order valence-electron chi connectivity index (χ2n) is 7.64. The number of aliphatic hydroxyl groups excluding tert-OH is 1. The Labute approximate surface area is 198 Å². The Morgan fingerprint density at radius 3 is 2.51 bits per heavy atom. The summed E-state index contributed by atoms with van der Waals surface area (Å²) < 4.78 is 13.4. The Kier molecular flexibility index (Phi) is 6.83. The number of phenolic OH excluding ortho intramolecular Hbond substituents is 1. The average molecular weight is 480 g/mol. The highest BCUT2D eigenvalue weighted by molar-refractivity contribution is 5.80. The van der Waals surface area contributed by atoms with E-state index in [1.165, 1.54) is 34.5 Å². The van der Waals surface area contributed by atoms with Crippen molar-refractivity contribution in [2.24, 2.45) is 12.1 Å². The molecular formula is C23H24N6O6. The number of H-pyrrole nitrogens is 1. The molecule has 35 heavy (non-hydrogen) atoms. The van der Waals surface area contributed by atoms with E-state index in [0.717, 1.165) is 0 Å². The third-order valence-electron chi connectivity index (χ3n) is 5.17. The number of aliphatic hydroxyl groups is 1. The highest BCUT2D eigenvalue weighted by Crippen LogP contribution is 2.19. The van der Waals surface area contributed by atoms with E-state index in [0.29, 0.717) is 17.1 Å². The maximum absolute atomic E-state index is 12.6. The van der Waals surface area contributed by atoms with Crippen molar-refractivity contribution in [1.29, 1.82) is 0 Å². The fourth-order valence-electron chi connectivity index (χ4n) is 3.35. The molecule has 0 aliphatic rings. The van der Waals surface area contributed by atoms with Gasteiger partial charge in [-0.05, 0) is 54.1 Å². The third kappa shape index (κ3) is 5.33. The number of methoxy groups -OCH3 is 1. The van der Waals surface area contributed by atoms with Crippen LogP contribution < -0.4 is 26.1 Å². The van der Waals surface area contributed by atoms with E-state index in [2.05, 4.69) is 20.5 Å².